The highest BCUT2D eigenvalue weighted by Gasteiger charge is 2.27. The first-order chi connectivity index (χ1) is 17.7. The third-order valence-electron chi connectivity index (χ3n) is 6.28. The van der Waals surface area contributed by atoms with Crippen LogP contribution >= 0.6 is 0 Å². The Morgan fingerprint density at radius 3 is 2.51 bits per heavy atom. The molecule has 1 atom stereocenters. The van der Waals surface area contributed by atoms with Crippen LogP contribution in [-0.2, 0) is 11.3 Å². The van der Waals surface area contributed by atoms with Crippen molar-refractivity contribution in [2.45, 2.75) is 33.4 Å². The van der Waals surface area contributed by atoms with E-state index in [0.717, 1.165) is 0 Å². The molecule has 0 saturated heterocycles. The molecule has 0 saturated carbocycles. The van der Waals surface area contributed by atoms with Gasteiger partial charge in [-0.2, -0.15) is 0 Å². The molecule has 0 aliphatic carbocycles. The Bertz CT molecular complexity index is 1670. The third kappa shape index (κ3) is 4.53. The van der Waals surface area contributed by atoms with Crippen molar-refractivity contribution in [2.75, 3.05) is 12.1 Å². The summed E-state index contributed by atoms with van der Waals surface area (Å²) in [7, 11) is 0. The summed E-state index contributed by atoms with van der Waals surface area (Å²) in [5, 5.41) is 6.49. The molecular weight excluding hydrogens is 478 g/mol. The average molecular weight is 504 g/mol. The van der Waals surface area contributed by atoms with Gasteiger partial charge in [0.15, 0.2) is 11.5 Å². The summed E-state index contributed by atoms with van der Waals surface area (Å²) in [5.41, 5.74) is 0.486. The number of fused-ring (bicyclic) bond motifs is 3. The lowest BCUT2D eigenvalue weighted by molar-refractivity contribution is -0.118. The van der Waals surface area contributed by atoms with Crippen molar-refractivity contribution in [1.29, 1.82) is 0 Å². The summed E-state index contributed by atoms with van der Waals surface area (Å²) < 4.78 is 17.7. The Kier molecular flexibility index (Phi) is 6.16. The Hall–Kier alpha value is -4.60. The molecule has 10 heteroatoms. The van der Waals surface area contributed by atoms with E-state index < -0.39 is 28.9 Å². The Labute approximate surface area is 210 Å². The lowest BCUT2D eigenvalue weighted by atomic mass is 10.0. The minimum Gasteiger partial charge on any atom is -0.454 e. The third-order valence-corrected chi connectivity index (χ3v) is 6.28. The van der Waals surface area contributed by atoms with Crippen molar-refractivity contribution in [1.82, 2.24) is 9.88 Å². The van der Waals surface area contributed by atoms with Crippen LogP contribution in [0.1, 0.15) is 31.1 Å². The van der Waals surface area contributed by atoms with Gasteiger partial charge in [-0.25, -0.2) is 4.79 Å². The first kappa shape index (κ1) is 24.1. The number of carbonyl (C=O) groups excluding carboxylic acids is 2. The molecule has 4 aromatic rings. The van der Waals surface area contributed by atoms with E-state index in [1.165, 1.54) is 12.3 Å². The van der Waals surface area contributed by atoms with Gasteiger partial charge in [-0.1, -0.05) is 13.8 Å². The van der Waals surface area contributed by atoms with E-state index in [0.29, 0.717) is 45.6 Å². The molecule has 2 aromatic carbocycles. The second-order valence-electron chi connectivity index (χ2n) is 9.07. The second-order valence-corrected chi connectivity index (χ2v) is 9.07. The van der Waals surface area contributed by atoms with Gasteiger partial charge < -0.3 is 29.1 Å². The van der Waals surface area contributed by atoms with Gasteiger partial charge >= 0.3 is 5.63 Å². The highest BCUT2D eigenvalue weighted by atomic mass is 16.7. The van der Waals surface area contributed by atoms with Crippen molar-refractivity contribution in [3.63, 3.8) is 0 Å². The summed E-state index contributed by atoms with van der Waals surface area (Å²) in [6.45, 7) is 6.06. The van der Waals surface area contributed by atoms with Gasteiger partial charge in [0.25, 0.3) is 5.91 Å². The second kappa shape index (κ2) is 9.45. The maximum atomic E-state index is 13.3. The number of aryl methyl sites for hydroxylation is 1. The molecule has 1 aliphatic rings. The molecule has 0 bridgehead atoms. The molecule has 2 aromatic heterocycles. The van der Waals surface area contributed by atoms with E-state index in [1.54, 1.807) is 54.8 Å². The Morgan fingerprint density at radius 1 is 1.03 bits per heavy atom. The number of hydrogen-bond acceptors (Lipinski definition) is 7. The number of nitrogens with zero attached hydrogens (tertiary/aromatic N) is 1. The fraction of sp³-hybridized carbons (Fsp3) is 0.259. The monoisotopic (exact) mass is 503 g/mol. The van der Waals surface area contributed by atoms with E-state index in [2.05, 4.69) is 10.6 Å². The SMILES string of the molecule is CCn1cc(C(=O)N[C@@H](C(=O)Nc2ccc3oc(=O)ccc3c2)C(C)C)c(=O)c2cc3c(cc21)OCO3. The predicted octanol–water partition coefficient (Wildman–Crippen LogP) is 3.25. The molecule has 0 fully saturated rings. The first-order valence-electron chi connectivity index (χ1n) is 11.9. The number of hydrogen-bond donors (Lipinski definition) is 2. The quantitative estimate of drug-likeness (QED) is 0.387. The smallest absolute Gasteiger partial charge is 0.336 e. The first-order valence-corrected chi connectivity index (χ1v) is 11.9. The van der Waals surface area contributed by atoms with E-state index in [-0.39, 0.29) is 18.3 Å². The molecule has 5 rings (SSSR count). The standard InChI is InChI=1S/C27H25N3O7/c1-4-30-12-18(25(32)17-10-21-22(11-19(17)30)36-13-35-21)26(33)29-24(14(2)3)27(34)28-16-6-7-20-15(9-16)5-8-23(31)37-20/h5-12,14,24H,4,13H2,1-3H3,(H,28,34)(H,29,33)/t24-/m1/s1. The van der Waals surface area contributed by atoms with Gasteiger partial charge in [0.2, 0.25) is 18.1 Å². The molecule has 190 valence electrons. The normalized spacial score (nSPS) is 13.2. The molecule has 2 N–H and O–H groups in total. The number of ether oxygens (including phenoxy) is 2. The number of benzene rings is 2. The predicted molar refractivity (Wildman–Crippen MR) is 137 cm³/mol. The van der Waals surface area contributed by atoms with Gasteiger partial charge in [-0.15, -0.1) is 0 Å². The summed E-state index contributed by atoms with van der Waals surface area (Å²) in [6, 6.07) is 10.1. The van der Waals surface area contributed by atoms with Crippen LogP contribution in [0.5, 0.6) is 11.5 Å². The fourth-order valence-electron chi connectivity index (χ4n) is 4.33. The molecule has 37 heavy (non-hydrogen) atoms. The van der Waals surface area contributed by atoms with Crippen LogP contribution in [-0.4, -0.2) is 29.2 Å². The molecule has 10 nitrogen and oxygen atoms in total. The van der Waals surface area contributed by atoms with Crippen molar-refractivity contribution in [2.24, 2.45) is 5.92 Å². The molecule has 0 unspecified atom stereocenters. The maximum Gasteiger partial charge on any atom is 0.336 e. The number of amides is 2. The molecule has 1 aliphatic heterocycles. The van der Waals surface area contributed by atoms with Gasteiger partial charge in [0.1, 0.15) is 17.2 Å². The Morgan fingerprint density at radius 2 is 1.78 bits per heavy atom. The average Bonchev–Trinajstić information content (AvgIpc) is 3.34. The lowest BCUT2D eigenvalue weighted by Gasteiger charge is -2.22. The topological polar surface area (TPSA) is 129 Å². The number of rotatable bonds is 6. The summed E-state index contributed by atoms with van der Waals surface area (Å²) in [5.74, 6) is -0.386. The zero-order valence-corrected chi connectivity index (χ0v) is 20.5. The minimum absolute atomic E-state index is 0.0656. The van der Waals surface area contributed by atoms with Crippen molar-refractivity contribution in [3.05, 3.63) is 74.9 Å². The summed E-state index contributed by atoms with van der Waals surface area (Å²) in [4.78, 5) is 51.1. The Balaban J connectivity index is 1.42. The molecular formula is C27H25N3O7. The molecule has 3 heterocycles. The molecule has 0 spiro atoms. The van der Waals surface area contributed by atoms with Crippen LogP contribution in [0.2, 0.25) is 0 Å². The summed E-state index contributed by atoms with van der Waals surface area (Å²) >= 11 is 0. The van der Waals surface area contributed by atoms with E-state index in [4.69, 9.17) is 13.9 Å². The van der Waals surface area contributed by atoms with Gasteiger partial charge in [-0.05, 0) is 43.2 Å². The lowest BCUT2D eigenvalue weighted by Crippen LogP contribution is -2.48. The van der Waals surface area contributed by atoms with Crippen LogP contribution in [0, 0.1) is 5.92 Å². The summed E-state index contributed by atoms with van der Waals surface area (Å²) in [6.07, 6.45) is 1.49. The van der Waals surface area contributed by atoms with E-state index >= 15 is 0 Å². The number of carbonyl (C=O) groups is 2. The highest BCUT2D eigenvalue weighted by molar-refractivity contribution is 6.03. The van der Waals surface area contributed by atoms with Crippen LogP contribution in [0.15, 0.2) is 62.7 Å². The van der Waals surface area contributed by atoms with Crippen molar-refractivity contribution in [3.8, 4) is 11.5 Å². The number of nitrogens with one attached hydrogen (secondary N) is 2. The number of anilines is 1. The molecule has 0 radical (unpaired) electrons. The van der Waals surface area contributed by atoms with E-state index in [9.17, 15) is 19.2 Å². The van der Waals surface area contributed by atoms with Gasteiger partial charge in [0.05, 0.1) is 10.9 Å². The van der Waals surface area contributed by atoms with Gasteiger partial charge in [-0.3, -0.25) is 14.4 Å². The van der Waals surface area contributed by atoms with Crippen LogP contribution < -0.4 is 31.2 Å². The number of aromatic nitrogens is 1. The van der Waals surface area contributed by atoms with E-state index in [1.807, 2.05) is 6.92 Å². The van der Waals surface area contributed by atoms with Crippen LogP contribution in [0.3, 0.4) is 0 Å². The minimum atomic E-state index is -0.918. The van der Waals surface area contributed by atoms with Gasteiger partial charge in [0, 0.05) is 35.9 Å². The van der Waals surface area contributed by atoms with Crippen LogP contribution in [0.25, 0.3) is 21.9 Å². The zero-order chi connectivity index (χ0) is 26.3. The highest BCUT2D eigenvalue weighted by Crippen LogP contribution is 2.35. The zero-order valence-electron chi connectivity index (χ0n) is 20.5. The van der Waals surface area contributed by atoms with Crippen molar-refractivity contribution >= 4 is 39.4 Å². The number of pyridine rings is 1. The molecule has 2 amide bonds. The maximum absolute atomic E-state index is 13.3. The largest absolute Gasteiger partial charge is 0.454 e. The van der Waals surface area contributed by atoms with Crippen molar-refractivity contribution < 1.29 is 23.5 Å². The fourth-order valence-corrected chi connectivity index (χ4v) is 4.33. The van der Waals surface area contributed by atoms with Crippen LogP contribution in [0.4, 0.5) is 5.69 Å².